The quantitative estimate of drug-likeness (QED) is 0.176. The summed E-state index contributed by atoms with van der Waals surface area (Å²) in [5, 5.41) is 5.53. The van der Waals surface area contributed by atoms with E-state index < -0.39 is 0 Å². The van der Waals surface area contributed by atoms with Gasteiger partial charge in [-0.15, -0.1) is 0 Å². The van der Waals surface area contributed by atoms with Gasteiger partial charge in [0.2, 0.25) is 0 Å². The first-order chi connectivity index (χ1) is 17.1. The highest BCUT2D eigenvalue weighted by Crippen LogP contribution is 2.28. The first-order valence-electron chi connectivity index (χ1n) is 11.0. The third kappa shape index (κ3) is 6.35. The molecule has 1 aromatic heterocycles. The van der Waals surface area contributed by atoms with Crippen LogP contribution in [0, 0.1) is 0 Å². The standard InChI is InChI=1S/C26H25ClN4O3S/c1-3-34-23-13-10-19(14-24(23)33-2)15-28-30-25(32)17-35-26-29-21-6-4-5-7-22(21)31(26)16-18-8-11-20(27)12-9-18/h4-15H,3,16-17H2,1-2H3,(H,30,32)/b28-15+. The summed E-state index contributed by atoms with van der Waals surface area (Å²) in [6.45, 7) is 3.08. The van der Waals surface area contributed by atoms with Gasteiger partial charge in [0.25, 0.3) is 5.91 Å². The number of imidazole rings is 1. The molecule has 0 aliphatic rings. The molecule has 0 aliphatic carbocycles. The molecule has 4 rings (SSSR count). The molecule has 180 valence electrons. The summed E-state index contributed by atoms with van der Waals surface area (Å²) in [6.07, 6.45) is 1.57. The van der Waals surface area contributed by atoms with Gasteiger partial charge in [-0.1, -0.05) is 47.6 Å². The summed E-state index contributed by atoms with van der Waals surface area (Å²) in [7, 11) is 1.58. The van der Waals surface area contributed by atoms with E-state index in [1.165, 1.54) is 11.8 Å². The molecule has 1 N–H and O–H groups in total. The van der Waals surface area contributed by atoms with Gasteiger partial charge in [-0.25, -0.2) is 10.4 Å². The van der Waals surface area contributed by atoms with Gasteiger partial charge in [0, 0.05) is 5.02 Å². The summed E-state index contributed by atoms with van der Waals surface area (Å²) >= 11 is 7.40. The summed E-state index contributed by atoms with van der Waals surface area (Å²) in [5.41, 5.74) is 6.34. The van der Waals surface area contributed by atoms with E-state index in [2.05, 4.69) is 15.1 Å². The maximum atomic E-state index is 12.4. The van der Waals surface area contributed by atoms with Crippen molar-refractivity contribution in [2.75, 3.05) is 19.5 Å². The van der Waals surface area contributed by atoms with Crippen molar-refractivity contribution in [2.24, 2.45) is 5.10 Å². The van der Waals surface area contributed by atoms with Crippen LogP contribution in [0.5, 0.6) is 11.5 Å². The molecule has 0 bridgehead atoms. The lowest BCUT2D eigenvalue weighted by molar-refractivity contribution is -0.118. The van der Waals surface area contributed by atoms with Crippen molar-refractivity contribution in [3.05, 3.63) is 82.9 Å². The lowest BCUT2D eigenvalue weighted by Gasteiger charge is -2.09. The summed E-state index contributed by atoms with van der Waals surface area (Å²) in [6, 6.07) is 21.1. The van der Waals surface area contributed by atoms with Gasteiger partial charge >= 0.3 is 0 Å². The second-order valence-electron chi connectivity index (χ2n) is 7.52. The Morgan fingerprint density at radius 3 is 2.71 bits per heavy atom. The minimum absolute atomic E-state index is 0.174. The predicted octanol–water partition coefficient (Wildman–Crippen LogP) is 5.39. The van der Waals surface area contributed by atoms with Crippen LogP contribution in [0.15, 0.2) is 77.0 Å². The molecular formula is C26H25ClN4O3S. The summed E-state index contributed by atoms with van der Waals surface area (Å²) < 4.78 is 13.0. The maximum Gasteiger partial charge on any atom is 0.250 e. The van der Waals surface area contributed by atoms with E-state index in [0.29, 0.717) is 29.7 Å². The van der Waals surface area contributed by atoms with Crippen LogP contribution in [0.2, 0.25) is 5.02 Å². The van der Waals surface area contributed by atoms with E-state index in [1.54, 1.807) is 19.4 Å². The molecule has 0 unspecified atom stereocenters. The van der Waals surface area contributed by atoms with Gasteiger partial charge in [0.05, 0.1) is 43.3 Å². The molecule has 0 radical (unpaired) electrons. The molecule has 35 heavy (non-hydrogen) atoms. The van der Waals surface area contributed by atoms with Crippen molar-refractivity contribution in [3.63, 3.8) is 0 Å². The van der Waals surface area contributed by atoms with E-state index in [-0.39, 0.29) is 11.7 Å². The van der Waals surface area contributed by atoms with Crippen LogP contribution in [0.4, 0.5) is 0 Å². The Hall–Kier alpha value is -3.49. The predicted molar refractivity (Wildman–Crippen MR) is 141 cm³/mol. The first-order valence-corrected chi connectivity index (χ1v) is 12.4. The van der Waals surface area contributed by atoms with Crippen molar-refractivity contribution >= 4 is 46.5 Å². The topological polar surface area (TPSA) is 77.7 Å². The number of carbonyl (C=O) groups is 1. The average molecular weight is 509 g/mol. The number of ether oxygens (including phenoxy) is 2. The summed E-state index contributed by atoms with van der Waals surface area (Å²) in [5.74, 6) is 1.22. The largest absolute Gasteiger partial charge is 0.493 e. The van der Waals surface area contributed by atoms with Crippen molar-refractivity contribution in [1.82, 2.24) is 15.0 Å². The Labute approximate surface area is 213 Å². The van der Waals surface area contributed by atoms with E-state index in [0.717, 1.165) is 27.3 Å². The Balaban J connectivity index is 1.41. The highest BCUT2D eigenvalue weighted by molar-refractivity contribution is 7.99. The van der Waals surface area contributed by atoms with Gasteiger partial charge in [-0.2, -0.15) is 5.10 Å². The van der Waals surface area contributed by atoms with E-state index in [4.69, 9.17) is 26.1 Å². The van der Waals surface area contributed by atoms with Crippen molar-refractivity contribution in [1.29, 1.82) is 0 Å². The number of carbonyl (C=O) groups excluding carboxylic acids is 1. The molecule has 0 aliphatic heterocycles. The second-order valence-corrected chi connectivity index (χ2v) is 8.90. The minimum atomic E-state index is -0.228. The molecule has 0 saturated heterocycles. The SMILES string of the molecule is CCOc1ccc(/C=N/NC(=O)CSc2nc3ccccc3n2Cc2ccc(Cl)cc2)cc1OC. The van der Waals surface area contributed by atoms with Crippen molar-refractivity contribution in [3.8, 4) is 11.5 Å². The monoisotopic (exact) mass is 508 g/mol. The molecule has 0 atom stereocenters. The number of methoxy groups -OCH3 is 1. The summed E-state index contributed by atoms with van der Waals surface area (Å²) in [4.78, 5) is 17.2. The van der Waals surface area contributed by atoms with Gasteiger partial charge in [0.15, 0.2) is 16.7 Å². The molecule has 1 amide bonds. The number of amides is 1. The van der Waals surface area contributed by atoms with Crippen LogP contribution >= 0.6 is 23.4 Å². The Morgan fingerprint density at radius 2 is 1.94 bits per heavy atom. The van der Waals surface area contributed by atoms with Crippen LogP contribution in [-0.4, -0.2) is 41.1 Å². The van der Waals surface area contributed by atoms with Crippen molar-refractivity contribution in [2.45, 2.75) is 18.6 Å². The van der Waals surface area contributed by atoms with E-state index >= 15 is 0 Å². The van der Waals surface area contributed by atoms with Gasteiger partial charge in [-0.3, -0.25) is 4.79 Å². The fraction of sp³-hybridized carbons (Fsp3) is 0.192. The first kappa shape index (κ1) is 24.6. The number of benzene rings is 3. The molecule has 4 aromatic rings. The smallest absolute Gasteiger partial charge is 0.250 e. The van der Waals surface area contributed by atoms with Crippen LogP contribution in [-0.2, 0) is 11.3 Å². The second kappa shape index (κ2) is 11.8. The molecule has 0 fully saturated rings. The van der Waals surface area contributed by atoms with Crippen molar-refractivity contribution < 1.29 is 14.3 Å². The van der Waals surface area contributed by atoms with Crippen LogP contribution < -0.4 is 14.9 Å². The van der Waals surface area contributed by atoms with Crippen LogP contribution in [0.25, 0.3) is 11.0 Å². The lowest BCUT2D eigenvalue weighted by Crippen LogP contribution is -2.20. The molecule has 3 aromatic carbocycles. The van der Waals surface area contributed by atoms with E-state index in [9.17, 15) is 4.79 Å². The fourth-order valence-electron chi connectivity index (χ4n) is 3.47. The van der Waals surface area contributed by atoms with Crippen LogP contribution in [0.1, 0.15) is 18.1 Å². The van der Waals surface area contributed by atoms with Gasteiger partial charge in [0.1, 0.15) is 0 Å². The average Bonchev–Trinajstić information content (AvgIpc) is 3.22. The van der Waals surface area contributed by atoms with Gasteiger partial charge in [-0.05, 0) is 60.5 Å². The number of nitrogens with zero attached hydrogens (tertiary/aromatic N) is 3. The molecule has 1 heterocycles. The number of nitrogens with one attached hydrogen (secondary N) is 1. The molecule has 0 saturated carbocycles. The number of para-hydroxylation sites is 2. The number of hydrogen-bond donors (Lipinski definition) is 1. The number of thioether (sulfide) groups is 1. The zero-order valence-corrected chi connectivity index (χ0v) is 21.0. The minimum Gasteiger partial charge on any atom is -0.493 e. The molecule has 9 heteroatoms. The molecule has 0 spiro atoms. The molecule has 7 nitrogen and oxygen atoms in total. The highest BCUT2D eigenvalue weighted by atomic mass is 35.5. The Bertz CT molecular complexity index is 1340. The number of hydrogen-bond acceptors (Lipinski definition) is 6. The zero-order chi connectivity index (χ0) is 24.6. The maximum absolute atomic E-state index is 12.4. The third-order valence-electron chi connectivity index (χ3n) is 5.10. The molecular weight excluding hydrogens is 484 g/mol. The number of aromatic nitrogens is 2. The fourth-order valence-corrected chi connectivity index (χ4v) is 4.40. The number of rotatable bonds is 10. The number of halogens is 1. The van der Waals surface area contributed by atoms with Crippen LogP contribution in [0.3, 0.4) is 0 Å². The normalized spacial score (nSPS) is 11.2. The number of hydrazone groups is 1. The lowest BCUT2D eigenvalue weighted by atomic mass is 10.2. The highest BCUT2D eigenvalue weighted by Gasteiger charge is 2.13. The third-order valence-corrected chi connectivity index (χ3v) is 6.32. The Morgan fingerprint density at radius 1 is 1.14 bits per heavy atom. The Kier molecular flexibility index (Phi) is 8.28. The number of fused-ring (bicyclic) bond motifs is 1. The van der Waals surface area contributed by atoms with E-state index in [1.807, 2.05) is 67.6 Å². The van der Waals surface area contributed by atoms with Gasteiger partial charge < -0.3 is 14.0 Å². The zero-order valence-electron chi connectivity index (χ0n) is 19.4.